The zero-order valence-corrected chi connectivity index (χ0v) is 19.0. The second-order valence-corrected chi connectivity index (χ2v) is 8.72. The van der Waals surface area contributed by atoms with Crippen LogP contribution in [0.3, 0.4) is 0 Å². The number of aryl methyl sites for hydroxylation is 1. The van der Waals surface area contributed by atoms with Crippen molar-refractivity contribution in [3.8, 4) is 0 Å². The highest BCUT2D eigenvalue weighted by Gasteiger charge is 2.21. The zero-order chi connectivity index (χ0) is 22.7. The van der Waals surface area contributed by atoms with Crippen LogP contribution < -0.4 is 10.9 Å². The lowest BCUT2D eigenvalue weighted by molar-refractivity contribution is -0.119. The first kappa shape index (κ1) is 21.8. The molecule has 4 rings (SSSR count). The number of fused-ring (bicyclic) bond motifs is 1. The molecule has 1 atom stereocenters. The van der Waals surface area contributed by atoms with E-state index in [1.807, 2.05) is 80.2 Å². The fourth-order valence-corrected chi connectivity index (χ4v) is 4.55. The molecular weight excluding hydrogens is 422 g/mol. The van der Waals surface area contributed by atoms with E-state index in [0.29, 0.717) is 16.1 Å². The zero-order valence-electron chi connectivity index (χ0n) is 18.2. The van der Waals surface area contributed by atoms with Gasteiger partial charge in [0, 0.05) is 25.5 Å². The van der Waals surface area contributed by atoms with E-state index in [0.717, 1.165) is 11.4 Å². The number of nitrogens with one attached hydrogen (secondary N) is 1. The molecule has 0 bridgehead atoms. The summed E-state index contributed by atoms with van der Waals surface area (Å²) in [6, 6.07) is 16.6. The Bertz CT molecular complexity index is 1300. The van der Waals surface area contributed by atoms with Gasteiger partial charge in [0.05, 0.1) is 16.7 Å². The summed E-state index contributed by atoms with van der Waals surface area (Å²) in [6.07, 6.45) is 3.57. The first-order chi connectivity index (χ1) is 15.5. The van der Waals surface area contributed by atoms with Crippen molar-refractivity contribution in [3.63, 3.8) is 0 Å². The van der Waals surface area contributed by atoms with Gasteiger partial charge in [-0.1, -0.05) is 54.2 Å². The quantitative estimate of drug-likeness (QED) is 0.345. The van der Waals surface area contributed by atoms with Crippen LogP contribution in [0.15, 0.2) is 76.9 Å². The molecule has 4 aromatic rings. The summed E-state index contributed by atoms with van der Waals surface area (Å²) in [7, 11) is 1.90. The first-order valence-corrected chi connectivity index (χ1v) is 11.4. The number of hydrogen-bond donors (Lipinski definition) is 1. The molecule has 2 aromatic carbocycles. The molecule has 1 amide bonds. The largest absolute Gasteiger partial charge is 0.341 e. The van der Waals surface area contributed by atoms with Gasteiger partial charge in [-0.3, -0.25) is 14.2 Å². The summed E-state index contributed by atoms with van der Waals surface area (Å²) in [5, 5.41) is 4.20. The van der Waals surface area contributed by atoms with Crippen LogP contribution in [0.4, 0.5) is 0 Å². The van der Waals surface area contributed by atoms with Crippen molar-refractivity contribution in [1.82, 2.24) is 24.4 Å². The van der Waals surface area contributed by atoms with E-state index < -0.39 is 0 Å². The summed E-state index contributed by atoms with van der Waals surface area (Å²) in [4.78, 5) is 35.0. The average Bonchev–Trinajstić information content (AvgIpc) is 3.22. The van der Waals surface area contributed by atoms with Crippen molar-refractivity contribution < 1.29 is 4.79 Å². The predicted octanol–water partition coefficient (Wildman–Crippen LogP) is 3.71. The van der Waals surface area contributed by atoms with Gasteiger partial charge in [0.1, 0.15) is 11.9 Å². The van der Waals surface area contributed by atoms with Gasteiger partial charge in [-0.2, -0.15) is 0 Å². The van der Waals surface area contributed by atoms with Crippen LogP contribution >= 0.6 is 11.8 Å². The Labute approximate surface area is 190 Å². The molecule has 0 saturated carbocycles. The highest BCUT2D eigenvalue weighted by atomic mass is 32.2. The van der Waals surface area contributed by atoms with E-state index in [1.165, 1.54) is 11.8 Å². The van der Waals surface area contributed by atoms with Crippen LogP contribution in [0.5, 0.6) is 0 Å². The van der Waals surface area contributed by atoms with E-state index in [9.17, 15) is 9.59 Å². The van der Waals surface area contributed by atoms with Crippen molar-refractivity contribution in [1.29, 1.82) is 0 Å². The van der Waals surface area contributed by atoms with Gasteiger partial charge >= 0.3 is 0 Å². The molecule has 2 heterocycles. The number of para-hydroxylation sites is 1. The van der Waals surface area contributed by atoms with E-state index in [-0.39, 0.29) is 29.3 Å². The van der Waals surface area contributed by atoms with Crippen LogP contribution in [0.1, 0.15) is 37.3 Å². The van der Waals surface area contributed by atoms with Crippen LogP contribution in [-0.2, 0) is 11.8 Å². The monoisotopic (exact) mass is 447 g/mol. The third kappa shape index (κ3) is 4.45. The molecule has 0 aliphatic rings. The topological polar surface area (TPSA) is 81.8 Å². The molecule has 2 aromatic heterocycles. The maximum atomic E-state index is 13.0. The Balaban J connectivity index is 1.58. The Morgan fingerprint density at radius 1 is 1.09 bits per heavy atom. The number of hydrogen-bond acceptors (Lipinski definition) is 5. The highest BCUT2D eigenvalue weighted by molar-refractivity contribution is 7.99. The fourth-order valence-electron chi connectivity index (χ4n) is 3.61. The molecule has 0 unspecified atom stereocenters. The van der Waals surface area contributed by atoms with Gasteiger partial charge in [-0.05, 0) is 31.5 Å². The van der Waals surface area contributed by atoms with E-state index in [4.69, 9.17) is 0 Å². The Kier molecular flexibility index (Phi) is 6.41. The van der Waals surface area contributed by atoms with Gasteiger partial charge in [-0.25, -0.2) is 9.97 Å². The lowest BCUT2D eigenvalue weighted by atomic mass is 10.1. The maximum absolute atomic E-state index is 13.0. The van der Waals surface area contributed by atoms with E-state index in [1.54, 1.807) is 16.8 Å². The van der Waals surface area contributed by atoms with Crippen LogP contribution in [-0.4, -0.2) is 30.8 Å². The van der Waals surface area contributed by atoms with Gasteiger partial charge in [0.2, 0.25) is 5.91 Å². The Morgan fingerprint density at radius 2 is 1.81 bits per heavy atom. The number of thioether (sulfide) groups is 1. The summed E-state index contributed by atoms with van der Waals surface area (Å²) >= 11 is 1.26. The number of aromatic nitrogens is 4. The van der Waals surface area contributed by atoms with Crippen LogP contribution in [0, 0.1) is 0 Å². The summed E-state index contributed by atoms with van der Waals surface area (Å²) < 4.78 is 3.54. The molecule has 7 nitrogen and oxygen atoms in total. The van der Waals surface area contributed by atoms with Crippen molar-refractivity contribution in [3.05, 3.63) is 88.7 Å². The number of amides is 1. The van der Waals surface area contributed by atoms with Crippen LogP contribution in [0.2, 0.25) is 0 Å². The lowest BCUT2D eigenvalue weighted by Gasteiger charge is -2.20. The molecule has 1 N–H and O–H groups in total. The van der Waals surface area contributed by atoms with Crippen molar-refractivity contribution in [2.24, 2.45) is 7.05 Å². The molecule has 0 aliphatic heterocycles. The fraction of sp³-hybridized carbons (Fsp3) is 0.250. The van der Waals surface area contributed by atoms with E-state index in [2.05, 4.69) is 15.3 Å². The van der Waals surface area contributed by atoms with E-state index >= 15 is 0 Å². The molecule has 32 heavy (non-hydrogen) atoms. The molecule has 0 aliphatic carbocycles. The number of imidazole rings is 1. The second-order valence-electron chi connectivity index (χ2n) is 7.78. The minimum absolute atomic E-state index is 0.0743. The molecule has 164 valence electrons. The highest BCUT2D eigenvalue weighted by Crippen LogP contribution is 2.23. The minimum Gasteiger partial charge on any atom is -0.341 e. The molecule has 0 saturated heterocycles. The van der Waals surface area contributed by atoms with Gasteiger partial charge in [0.25, 0.3) is 5.56 Å². The number of carbonyl (C=O) groups excluding carboxylic acids is 1. The van der Waals surface area contributed by atoms with Gasteiger partial charge in [-0.15, -0.1) is 0 Å². The smallest absolute Gasteiger partial charge is 0.262 e. The second kappa shape index (κ2) is 9.40. The number of rotatable bonds is 7. The molecule has 8 heteroatoms. The van der Waals surface area contributed by atoms with Crippen LogP contribution in [0.25, 0.3) is 10.9 Å². The Hall–Kier alpha value is -3.39. The standard InChI is InChI=1S/C24H25N5O2S/c1-16(2)29-23(31)18-11-7-8-12-19(18)26-24(29)32-15-20(30)27-21(17-9-5-4-6-10-17)22-25-13-14-28(22)3/h4-14,16,21H,15H2,1-3H3,(H,27,30)/t21-/m0/s1. The summed E-state index contributed by atoms with van der Waals surface area (Å²) in [6.45, 7) is 3.88. The predicted molar refractivity (Wildman–Crippen MR) is 127 cm³/mol. The third-order valence-electron chi connectivity index (χ3n) is 5.18. The molecule has 0 radical (unpaired) electrons. The summed E-state index contributed by atoms with van der Waals surface area (Å²) in [5.41, 5.74) is 1.49. The van der Waals surface area contributed by atoms with Crippen molar-refractivity contribution >= 4 is 28.6 Å². The molecular formula is C24H25N5O2S. The molecule has 0 fully saturated rings. The van der Waals surface area contributed by atoms with Gasteiger partial charge in [0.15, 0.2) is 5.16 Å². The summed E-state index contributed by atoms with van der Waals surface area (Å²) in [5.74, 6) is 0.715. The SMILES string of the molecule is CC(C)n1c(SCC(=O)N[C@@H](c2ccccc2)c2nccn2C)nc2ccccc2c1=O. The molecule has 0 spiro atoms. The van der Waals surface area contributed by atoms with Crippen molar-refractivity contribution in [2.75, 3.05) is 5.75 Å². The Morgan fingerprint density at radius 3 is 2.50 bits per heavy atom. The lowest BCUT2D eigenvalue weighted by Crippen LogP contribution is -2.32. The van der Waals surface area contributed by atoms with Gasteiger partial charge < -0.3 is 9.88 Å². The number of carbonyl (C=O) groups is 1. The number of benzene rings is 2. The normalized spacial score (nSPS) is 12.2. The minimum atomic E-state index is -0.374. The van der Waals surface area contributed by atoms with Crippen molar-refractivity contribution in [2.45, 2.75) is 31.1 Å². The maximum Gasteiger partial charge on any atom is 0.262 e. The third-order valence-corrected chi connectivity index (χ3v) is 6.13. The number of nitrogens with zero attached hydrogens (tertiary/aromatic N) is 4. The first-order valence-electron chi connectivity index (χ1n) is 10.4. The average molecular weight is 448 g/mol.